The standard InChI is InChI=1S/C10H13ClO2S.H2O/c11-14(5-1-2-6-14)10-7-8(12)3-4-9(10)13;/h3-4,7,12-13H,1-2,5-6H2;1H2. The van der Waals surface area contributed by atoms with Gasteiger partial charge in [-0.1, -0.05) is 10.7 Å². The van der Waals surface area contributed by atoms with Gasteiger partial charge < -0.3 is 15.7 Å². The van der Waals surface area contributed by atoms with Crippen molar-refractivity contribution in [2.45, 2.75) is 17.7 Å². The molecule has 4 N–H and O–H groups in total. The van der Waals surface area contributed by atoms with Crippen molar-refractivity contribution in [2.24, 2.45) is 0 Å². The van der Waals surface area contributed by atoms with Gasteiger partial charge in [0.1, 0.15) is 11.5 Å². The van der Waals surface area contributed by atoms with E-state index in [9.17, 15) is 10.2 Å². The Hall–Kier alpha value is -0.580. The molecule has 1 aliphatic heterocycles. The van der Waals surface area contributed by atoms with Gasteiger partial charge in [-0.2, -0.15) is 0 Å². The smallest absolute Gasteiger partial charge is 0.128 e. The number of phenols is 2. The van der Waals surface area contributed by atoms with Gasteiger partial charge in [-0.3, -0.25) is 0 Å². The molecular formula is C10H15ClO3S. The Labute approximate surface area is 94.8 Å². The van der Waals surface area contributed by atoms with Crippen LogP contribution in [0.1, 0.15) is 12.8 Å². The van der Waals surface area contributed by atoms with Gasteiger partial charge in [-0.05, 0) is 42.5 Å². The molecule has 0 bridgehead atoms. The lowest BCUT2D eigenvalue weighted by Gasteiger charge is -2.28. The summed E-state index contributed by atoms with van der Waals surface area (Å²) in [6.45, 7) is 0. The fourth-order valence-electron chi connectivity index (χ4n) is 1.78. The molecule has 1 saturated heterocycles. The van der Waals surface area contributed by atoms with Crippen LogP contribution in [0.25, 0.3) is 0 Å². The fourth-order valence-corrected chi connectivity index (χ4v) is 5.55. The Balaban J connectivity index is 0.00000112. The molecule has 0 atom stereocenters. The van der Waals surface area contributed by atoms with Crippen LogP contribution in [0.2, 0.25) is 0 Å². The average Bonchev–Trinajstić information content (AvgIpc) is 2.58. The molecule has 1 fully saturated rings. The lowest BCUT2D eigenvalue weighted by molar-refractivity contribution is 0.448. The van der Waals surface area contributed by atoms with Crippen LogP contribution in [-0.4, -0.2) is 27.2 Å². The highest BCUT2D eigenvalue weighted by Gasteiger charge is 2.30. The van der Waals surface area contributed by atoms with Crippen LogP contribution in [-0.2, 0) is 0 Å². The second-order valence-electron chi connectivity index (χ2n) is 3.56. The molecule has 0 radical (unpaired) electrons. The molecule has 86 valence electrons. The molecule has 15 heavy (non-hydrogen) atoms. The Morgan fingerprint density at radius 3 is 2.33 bits per heavy atom. The second kappa shape index (κ2) is 4.51. The number of rotatable bonds is 1. The summed E-state index contributed by atoms with van der Waals surface area (Å²) in [7, 11) is 5.11. The zero-order chi connectivity index (χ0) is 10.2. The third-order valence-electron chi connectivity index (χ3n) is 2.52. The van der Waals surface area contributed by atoms with Gasteiger partial charge in [0.15, 0.2) is 0 Å². The first-order valence-electron chi connectivity index (χ1n) is 4.62. The maximum absolute atomic E-state index is 9.69. The first-order valence-corrected chi connectivity index (χ1v) is 7.42. The van der Waals surface area contributed by atoms with Crippen LogP contribution in [0.5, 0.6) is 11.5 Å². The number of halogens is 1. The van der Waals surface area contributed by atoms with Gasteiger partial charge in [0.25, 0.3) is 0 Å². The summed E-state index contributed by atoms with van der Waals surface area (Å²) >= 11 is 0. The minimum atomic E-state index is -1.37. The Morgan fingerprint density at radius 2 is 1.73 bits per heavy atom. The lowest BCUT2D eigenvalue weighted by Crippen LogP contribution is -1.94. The normalized spacial score (nSPS) is 20.6. The highest BCUT2D eigenvalue weighted by molar-refractivity contribution is 8.51. The van der Waals surface area contributed by atoms with Crippen molar-refractivity contribution < 1.29 is 15.7 Å². The largest absolute Gasteiger partial charge is 0.508 e. The van der Waals surface area contributed by atoms with Crippen molar-refractivity contribution in [2.75, 3.05) is 11.5 Å². The summed E-state index contributed by atoms with van der Waals surface area (Å²) in [5.74, 6) is 2.30. The molecule has 0 unspecified atom stereocenters. The van der Waals surface area contributed by atoms with Crippen LogP contribution in [0.4, 0.5) is 0 Å². The fraction of sp³-hybridized carbons (Fsp3) is 0.400. The summed E-state index contributed by atoms with van der Waals surface area (Å²) < 4.78 is 0. The van der Waals surface area contributed by atoms with Gasteiger partial charge in [0, 0.05) is 4.90 Å². The molecule has 0 spiro atoms. The minimum absolute atomic E-state index is 0. The molecular weight excluding hydrogens is 236 g/mol. The van der Waals surface area contributed by atoms with E-state index in [1.54, 1.807) is 6.07 Å². The summed E-state index contributed by atoms with van der Waals surface area (Å²) in [5.41, 5.74) is 0. The molecule has 2 rings (SSSR count). The van der Waals surface area contributed by atoms with Crippen molar-refractivity contribution in [3.63, 3.8) is 0 Å². The van der Waals surface area contributed by atoms with E-state index < -0.39 is 9.24 Å². The van der Waals surface area contributed by atoms with Crippen LogP contribution < -0.4 is 0 Å². The monoisotopic (exact) mass is 250 g/mol. The number of hydrogen-bond acceptors (Lipinski definition) is 2. The summed E-state index contributed by atoms with van der Waals surface area (Å²) in [6, 6.07) is 4.59. The molecule has 5 heteroatoms. The van der Waals surface area contributed by atoms with Gasteiger partial charge in [0.2, 0.25) is 0 Å². The van der Waals surface area contributed by atoms with Crippen LogP contribution in [0.3, 0.4) is 0 Å². The summed E-state index contributed by atoms with van der Waals surface area (Å²) in [6.07, 6.45) is 2.24. The molecule has 0 aliphatic carbocycles. The molecule has 0 aromatic heterocycles. The molecule has 0 amide bonds. The van der Waals surface area contributed by atoms with E-state index in [2.05, 4.69) is 0 Å². The van der Waals surface area contributed by atoms with Gasteiger partial charge in [-0.25, -0.2) is 0 Å². The van der Waals surface area contributed by atoms with E-state index in [1.807, 2.05) is 0 Å². The van der Waals surface area contributed by atoms with Crippen molar-refractivity contribution in [1.82, 2.24) is 0 Å². The molecule has 3 nitrogen and oxygen atoms in total. The maximum atomic E-state index is 9.69. The first kappa shape index (κ1) is 12.5. The van der Waals surface area contributed by atoms with Crippen molar-refractivity contribution >= 4 is 19.9 Å². The Bertz CT molecular complexity index is 351. The van der Waals surface area contributed by atoms with E-state index in [0.717, 1.165) is 29.2 Å². The zero-order valence-corrected chi connectivity index (χ0v) is 9.81. The van der Waals surface area contributed by atoms with E-state index in [0.29, 0.717) is 0 Å². The zero-order valence-electron chi connectivity index (χ0n) is 8.24. The third-order valence-corrected chi connectivity index (χ3v) is 6.93. The number of hydrogen-bond donors (Lipinski definition) is 2. The van der Waals surface area contributed by atoms with Crippen molar-refractivity contribution in [1.29, 1.82) is 0 Å². The Kier molecular flexibility index (Phi) is 3.76. The molecule has 1 heterocycles. The molecule has 1 aromatic rings. The summed E-state index contributed by atoms with van der Waals surface area (Å²) in [5, 5.41) is 19.0. The lowest BCUT2D eigenvalue weighted by atomic mass is 10.3. The van der Waals surface area contributed by atoms with E-state index in [-0.39, 0.29) is 17.0 Å². The van der Waals surface area contributed by atoms with Gasteiger partial charge >= 0.3 is 0 Å². The predicted molar refractivity (Wildman–Crippen MR) is 64.1 cm³/mol. The third kappa shape index (κ3) is 2.33. The summed E-state index contributed by atoms with van der Waals surface area (Å²) in [4.78, 5) is 0.747. The van der Waals surface area contributed by atoms with E-state index in [4.69, 9.17) is 10.7 Å². The van der Waals surface area contributed by atoms with E-state index in [1.165, 1.54) is 12.1 Å². The van der Waals surface area contributed by atoms with Crippen LogP contribution >= 0.6 is 19.9 Å². The molecule has 0 saturated carbocycles. The van der Waals surface area contributed by atoms with Crippen LogP contribution in [0, 0.1) is 0 Å². The first-order chi connectivity index (χ1) is 6.62. The SMILES string of the molecule is O.Oc1ccc(O)c(S2(Cl)CCCC2)c1. The van der Waals surface area contributed by atoms with Gasteiger partial charge in [-0.15, -0.1) is 9.24 Å². The number of aromatic hydroxyl groups is 2. The Morgan fingerprint density at radius 1 is 1.13 bits per heavy atom. The highest BCUT2D eigenvalue weighted by Crippen LogP contribution is 2.67. The second-order valence-corrected chi connectivity index (χ2v) is 8.16. The number of benzene rings is 1. The minimum Gasteiger partial charge on any atom is -0.508 e. The van der Waals surface area contributed by atoms with Crippen molar-refractivity contribution in [3.8, 4) is 11.5 Å². The highest BCUT2D eigenvalue weighted by atomic mass is 35.7. The molecule has 1 aliphatic rings. The molecule has 1 aromatic carbocycles. The van der Waals surface area contributed by atoms with Crippen molar-refractivity contribution in [3.05, 3.63) is 18.2 Å². The maximum Gasteiger partial charge on any atom is 0.128 e. The average molecular weight is 251 g/mol. The quantitative estimate of drug-likeness (QED) is 0.751. The van der Waals surface area contributed by atoms with Crippen LogP contribution in [0.15, 0.2) is 23.1 Å². The predicted octanol–water partition coefficient (Wildman–Crippen LogP) is 2.38. The van der Waals surface area contributed by atoms with E-state index >= 15 is 0 Å². The topological polar surface area (TPSA) is 72.0 Å². The van der Waals surface area contributed by atoms with Gasteiger partial charge in [0.05, 0.1) is 0 Å². The number of phenolic OH excluding ortho intramolecular Hbond substituents is 2.